The number of carbonyl (C=O) groups excluding carboxylic acids is 1. The molecule has 5 nitrogen and oxygen atoms in total. The van der Waals surface area contributed by atoms with Crippen LogP contribution in [0.4, 0.5) is 17.6 Å². The second kappa shape index (κ2) is 9.79. The third-order valence-electron chi connectivity index (χ3n) is 6.83. The molecule has 0 saturated heterocycles. The molecule has 1 unspecified atom stereocenters. The zero-order valence-electron chi connectivity index (χ0n) is 19.5. The highest BCUT2D eigenvalue weighted by atomic mass is 19.4. The summed E-state index contributed by atoms with van der Waals surface area (Å²) in [6, 6.07) is 10.3. The number of carboxylic acid groups (broad SMARTS) is 1. The standard InChI is InChI=1S/C27H25F4NO4/c1-26(13-2-3-14-26)23(25(34)35)32-24(33)20-12-11-18-19(5-4-6-21(18)28)22(20)36-15-16-7-9-17(10-8-16)27(29,30)31/h4-12,23H,2-3,13-15H2,1H3,(H,32,33)(H,34,35). The Kier molecular flexibility index (Phi) is 6.93. The van der Waals surface area contributed by atoms with Gasteiger partial charge in [0.15, 0.2) is 0 Å². The highest BCUT2D eigenvalue weighted by Crippen LogP contribution is 2.41. The summed E-state index contributed by atoms with van der Waals surface area (Å²) in [5.41, 5.74) is -0.998. The van der Waals surface area contributed by atoms with Crippen LogP contribution in [0.3, 0.4) is 0 Å². The third kappa shape index (κ3) is 5.15. The van der Waals surface area contributed by atoms with Crippen LogP contribution in [-0.4, -0.2) is 23.0 Å². The Balaban J connectivity index is 1.66. The Morgan fingerprint density at radius 3 is 2.31 bits per heavy atom. The molecule has 1 aliphatic rings. The number of hydrogen-bond acceptors (Lipinski definition) is 3. The van der Waals surface area contributed by atoms with Gasteiger partial charge in [0.1, 0.15) is 24.2 Å². The summed E-state index contributed by atoms with van der Waals surface area (Å²) >= 11 is 0. The summed E-state index contributed by atoms with van der Waals surface area (Å²) < 4.78 is 58.9. The summed E-state index contributed by atoms with van der Waals surface area (Å²) in [4.78, 5) is 25.3. The number of nitrogens with one attached hydrogen (secondary N) is 1. The fourth-order valence-corrected chi connectivity index (χ4v) is 4.79. The molecule has 0 radical (unpaired) electrons. The van der Waals surface area contributed by atoms with E-state index in [1.807, 2.05) is 6.92 Å². The van der Waals surface area contributed by atoms with Gasteiger partial charge in [-0.1, -0.05) is 50.1 Å². The molecule has 1 saturated carbocycles. The molecule has 9 heteroatoms. The lowest BCUT2D eigenvalue weighted by molar-refractivity contribution is -0.142. The van der Waals surface area contributed by atoms with Crippen molar-refractivity contribution < 1.29 is 37.0 Å². The van der Waals surface area contributed by atoms with Crippen LogP contribution >= 0.6 is 0 Å². The summed E-state index contributed by atoms with van der Waals surface area (Å²) in [7, 11) is 0. The SMILES string of the molecule is CC1(C(NC(=O)c2ccc3c(F)cccc3c2OCc2ccc(C(F)(F)F)cc2)C(=O)O)CCCC1. The van der Waals surface area contributed by atoms with E-state index >= 15 is 0 Å². The minimum Gasteiger partial charge on any atom is -0.487 e. The van der Waals surface area contributed by atoms with Crippen molar-refractivity contribution in [2.45, 2.75) is 51.4 Å². The smallest absolute Gasteiger partial charge is 0.416 e. The van der Waals surface area contributed by atoms with Gasteiger partial charge in [0.25, 0.3) is 5.91 Å². The number of amides is 1. The van der Waals surface area contributed by atoms with Crippen LogP contribution in [0.15, 0.2) is 54.6 Å². The first kappa shape index (κ1) is 25.5. The molecular weight excluding hydrogens is 478 g/mol. The van der Waals surface area contributed by atoms with Crippen LogP contribution in [-0.2, 0) is 17.6 Å². The molecule has 0 aromatic heterocycles. The van der Waals surface area contributed by atoms with Crippen LogP contribution in [0.25, 0.3) is 10.8 Å². The molecule has 0 aliphatic heterocycles. The van der Waals surface area contributed by atoms with Crippen LogP contribution < -0.4 is 10.1 Å². The highest BCUT2D eigenvalue weighted by Gasteiger charge is 2.42. The number of halogens is 4. The first-order valence-corrected chi connectivity index (χ1v) is 11.5. The van der Waals surface area contributed by atoms with Gasteiger partial charge in [-0.3, -0.25) is 4.79 Å². The third-order valence-corrected chi connectivity index (χ3v) is 6.83. The Morgan fingerprint density at radius 2 is 1.69 bits per heavy atom. The minimum atomic E-state index is -4.48. The Morgan fingerprint density at radius 1 is 1.03 bits per heavy atom. The molecule has 0 heterocycles. The number of aliphatic carboxylic acids is 1. The van der Waals surface area contributed by atoms with Crippen LogP contribution in [0.5, 0.6) is 5.75 Å². The summed E-state index contributed by atoms with van der Waals surface area (Å²) in [6.45, 7) is 1.64. The van der Waals surface area contributed by atoms with E-state index in [1.54, 1.807) is 6.07 Å². The number of benzene rings is 3. The number of carboxylic acids is 1. The van der Waals surface area contributed by atoms with E-state index in [4.69, 9.17) is 4.74 Å². The maximum atomic E-state index is 14.4. The molecule has 36 heavy (non-hydrogen) atoms. The van der Waals surface area contributed by atoms with Crippen molar-refractivity contribution >= 4 is 22.6 Å². The lowest BCUT2D eigenvalue weighted by Gasteiger charge is -2.31. The minimum absolute atomic E-state index is 0.00728. The summed E-state index contributed by atoms with van der Waals surface area (Å²) in [5, 5.41) is 12.9. The first-order valence-electron chi connectivity index (χ1n) is 11.5. The van der Waals surface area contributed by atoms with Crippen molar-refractivity contribution in [1.29, 1.82) is 0 Å². The van der Waals surface area contributed by atoms with Crippen molar-refractivity contribution in [2.24, 2.45) is 5.41 Å². The predicted molar refractivity (Wildman–Crippen MR) is 125 cm³/mol. The maximum Gasteiger partial charge on any atom is 0.416 e. The average molecular weight is 503 g/mol. The van der Waals surface area contributed by atoms with Gasteiger partial charge in [0.05, 0.1) is 11.1 Å². The topological polar surface area (TPSA) is 75.6 Å². The highest BCUT2D eigenvalue weighted by molar-refractivity contribution is 6.05. The first-order chi connectivity index (χ1) is 17.0. The molecule has 1 amide bonds. The number of alkyl halides is 3. The van der Waals surface area contributed by atoms with Gasteiger partial charge in [0, 0.05) is 10.8 Å². The number of ether oxygens (including phenoxy) is 1. The molecule has 3 aromatic carbocycles. The molecule has 1 fully saturated rings. The fourth-order valence-electron chi connectivity index (χ4n) is 4.79. The number of rotatable bonds is 7. The van der Waals surface area contributed by atoms with E-state index in [0.29, 0.717) is 18.4 Å². The molecule has 1 aliphatic carbocycles. The van der Waals surface area contributed by atoms with Crippen molar-refractivity contribution in [3.05, 3.63) is 77.1 Å². The monoisotopic (exact) mass is 503 g/mol. The van der Waals surface area contributed by atoms with Crippen LogP contribution in [0.1, 0.15) is 54.1 Å². The second-order valence-corrected chi connectivity index (χ2v) is 9.37. The van der Waals surface area contributed by atoms with Gasteiger partial charge in [0.2, 0.25) is 0 Å². The van der Waals surface area contributed by atoms with Crippen molar-refractivity contribution in [3.8, 4) is 5.75 Å². The Bertz CT molecular complexity index is 1280. The molecule has 0 bridgehead atoms. The summed E-state index contributed by atoms with van der Waals surface area (Å²) in [6.07, 6.45) is -1.43. The van der Waals surface area contributed by atoms with Gasteiger partial charge >= 0.3 is 12.1 Å². The van der Waals surface area contributed by atoms with E-state index in [2.05, 4.69) is 5.32 Å². The quantitative estimate of drug-likeness (QED) is 0.369. The molecule has 4 rings (SSSR count). The summed E-state index contributed by atoms with van der Waals surface area (Å²) in [5.74, 6) is -2.36. The van der Waals surface area contributed by atoms with E-state index in [0.717, 1.165) is 25.0 Å². The largest absolute Gasteiger partial charge is 0.487 e. The maximum absolute atomic E-state index is 14.4. The van der Waals surface area contributed by atoms with Gasteiger partial charge in [-0.15, -0.1) is 0 Å². The zero-order chi connectivity index (χ0) is 26.1. The number of fused-ring (bicyclic) bond motifs is 1. The molecule has 190 valence electrons. The molecule has 2 N–H and O–H groups in total. The lowest BCUT2D eigenvalue weighted by Crippen LogP contribution is -2.50. The predicted octanol–water partition coefficient (Wildman–Crippen LogP) is 6.34. The van der Waals surface area contributed by atoms with Gasteiger partial charge in [-0.05, 0) is 48.1 Å². The molecule has 1 atom stereocenters. The zero-order valence-corrected chi connectivity index (χ0v) is 19.5. The van der Waals surface area contributed by atoms with E-state index in [-0.39, 0.29) is 28.7 Å². The molecular formula is C27H25F4NO4. The molecule has 3 aromatic rings. The Hall–Kier alpha value is -3.62. The van der Waals surface area contributed by atoms with E-state index in [9.17, 15) is 32.3 Å². The molecule has 0 spiro atoms. The lowest BCUT2D eigenvalue weighted by atomic mass is 9.80. The van der Waals surface area contributed by atoms with Gasteiger partial charge < -0.3 is 15.2 Å². The number of hydrogen-bond donors (Lipinski definition) is 2. The second-order valence-electron chi connectivity index (χ2n) is 9.37. The van der Waals surface area contributed by atoms with Gasteiger partial charge in [-0.2, -0.15) is 13.2 Å². The van der Waals surface area contributed by atoms with Crippen LogP contribution in [0.2, 0.25) is 0 Å². The normalized spacial score (nSPS) is 16.0. The van der Waals surface area contributed by atoms with E-state index < -0.39 is 40.9 Å². The number of carbonyl (C=O) groups is 2. The Labute approximate surface area is 205 Å². The van der Waals surface area contributed by atoms with E-state index in [1.165, 1.54) is 36.4 Å². The van der Waals surface area contributed by atoms with Crippen LogP contribution in [0, 0.1) is 11.2 Å². The van der Waals surface area contributed by atoms with Crippen molar-refractivity contribution in [2.75, 3.05) is 0 Å². The van der Waals surface area contributed by atoms with Crippen molar-refractivity contribution in [3.63, 3.8) is 0 Å². The average Bonchev–Trinajstić information content (AvgIpc) is 3.27. The van der Waals surface area contributed by atoms with Crippen molar-refractivity contribution in [1.82, 2.24) is 5.32 Å². The van der Waals surface area contributed by atoms with Gasteiger partial charge in [-0.25, -0.2) is 9.18 Å². The fraction of sp³-hybridized carbons (Fsp3) is 0.333.